The Bertz CT molecular complexity index is 642. The first kappa shape index (κ1) is 13.9. The summed E-state index contributed by atoms with van der Waals surface area (Å²) in [5.41, 5.74) is 2.55. The highest BCUT2D eigenvalue weighted by Crippen LogP contribution is 2.31. The van der Waals surface area contributed by atoms with Crippen molar-refractivity contribution < 1.29 is 14.2 Å². The summed E-state index contributed by atoms with van der Waals surface area (Å²) in [5.74, 6) is 0.557. The Hall–Kier alpha value is -2.07. The molecule has 0 saturated heterocycles. The molecule has 0 radical (unpaired) electrons. The van der Waals surface area contributed by atoms with Crippen LogP contribution in [0, 0.1) is 5.82 Å². The second kappa shape index (κ2) is 5.74. The van der Waals surface area contributed by atoms with Crippen LogP contribution in [0.15, 0.2) is 42.5 Å². The second-order valence-electron chi connectivity index (χ2n) is 5.26. The zero-order valence-electron chi connectivity index (χ0n) is 11.9. The van der Waals surface area contributed by atoms with Crippen LogP contribution in [0.1, 0.15) is 24.2 Å². The number of para-hydroxylation sites is 1. The Morgan fingerprint density at radius 1 is 1.24 bits per heavy atom. The van der Waals surface area contributed by atoms with E-state index in [1.165, 1.54) is 12.1 Å². The number of aliphatic hydroxyl groups is 1. The maximum Gasteiger partial charge on any atom is 0.124 e. The third-order valence-electron chi connectivity index (χ3n) is 3.73. The molecule has 110 valence electrons. The van der Waals surface area contributed by atoms with Crippen molar-refractivity contribution in [3.63, 3.8) is 0 Å². The van der Waals surface area contributed by atoms with Crippen LogP contribution >= 0.6 is 0 Å². The SMILES string of the molecule is CC(O)c1cc(F)ccc1N1CCOc2ccccc2C1. The van der Waals surface area contributed by atoms with E-state index in [2.05, 4.69) is 4.90 Å². The summed E-state index contributed by atoms with van der Waals surface area (Å²) in [4.78, 5) is 2.12. The number of halogens is 1. The molecule has 1 unspecified atom stereocenters. The molecule has 3 nitrogen and oxygen atoms in total. The zero-order valence-corrected chi connectivity index (χ0v) is 11.9. The molecule has 21 heavy (non-hydrogen) atoms. The van der Waals surface area contributed by atoms with E-state index in [9.17, 15) is 9.50 Å². The van der Waals surface area contributed by atoms with Gasteiger partial charge < -0.3 is 14.7 Å². The maximum atomic E-state index is 13.4. The lowest BCUT2D eigenvalue weighted by Crippen LogP contribution is -2.26. The molecule has 1 aliphatic heterocycles. The van der Waals surface area contributed by atoms with Crippen LogP contribution in [-0.4, -0.2) is 18.3 Å². The van der Waals surface area contributed by atoms with Crippen LogP contribution in [0.5, 0.6) is 5.75 Å². The Morgan fingerprint density at radius 3 is 2.86 bits per heavy atom. The van der Waals surface area contributed by atoms with E-state index < -0.39 is 6.10 Å². The van der Waals surface area contributed by atoms with Gasteiger partial charge in [0, 0.05) is 23.4 Å². The van der Waals surface area contributed by atoms with Crippen molar-refractivity contribution in [3.05, 3.63) is 59.4 Å². The molecule has 0 fully saturated rings. The Labute approximate surface area is 123 Å². The van der Waals surface area contributed by atoms with Gasteiger partial charge in [-0.1, -0.05) is 18.2 Å². The minimum Gasteiger partial charge on any atom is -0.491 e. The number of benzene rings is 2. The van der Waals surface area contributed by atoms with E-state index in [1.54, 1.807) is 13.0 Å². The highest BCUT2D eigenvalue weighted by molar-refractivity contribution is 5.56. The lowest BCUT2D eigenvalue weighted by atomic mass is 10.1. The maximum absolute atomic E-state index is 13.4. The van der Waals surface area contributed by atoms with Crippen molar-refractivity contribution >= 4 is 5.69 Å². The number of nitrogens with zero attached hydrogens (tertiary/aromatic N) is 1. The number of ether oxygens (including phenoxy) is 1. The summed E-state index contributed by atoms with van der Waals surface area (Å²) in [6.07, 6.45) is -0.713. The second-order valence-corrected chi connectivity index (χ2v) is 5.26. The first-order chi connectivity index (χ1) is 10.1. The number of aliphatic hydroxyl groups excluding tert-OH is 1. The van der Waals surface area contributed by atoms with Gasteiger partial charge in [-0.25, -0.2) is 4.39 Å². The fraction of sp³-hybridized carbons (Fsp3) is 0.294. The molecule has 2 aromatic rings. The minimum atomic E-state index is -0.713. The van der Waals surface area contributed by atoms with E-state index in [0.717, 1.165) is 17.0 Å². The Balaban J connectivity index is 1.98. The molecule has 1 atom stereocenters. The van der Waals surface area contributed by atoms with Gasteiger partial charge in [0.1, 0.15) is 18.2 Å². The van der Waals surface area contributed by atoms with E-state index in [1.807, 2.05) is 24.3 Å². The summed E-state index contributed by atoms with van der Waals surface area (Å²) in [5, 5.41) is 9.90. The van der Waals surface area contributed by atoms with E-state index in [-0.39, 0.29) is 5.82 Å². The quantitative estimate of drug-likeness (QED) is 0.920. The normalized spacial score (nSPS) is 15.9. The van der Waals surface area contributed by atoms with Crippen molar-refractivity contribution in [2.24, 2.45) is 0 Å². The van der Waals surface area contributed by atoms with E-state index in [0.29, 0.717) is 25.3 Å². The molecule has 3 rings (SSSR count). The average molecular weight is 287 g/mol. The highest BCUT2D eigenvalue weighted by Gasteiger charge is 2.19. The molecule has 1 N–H and O–H groups in total. The smallest absolute Gasteiger partial charge is 0.124 e. The van der Waals surface area contributed by atoms with Crippen molar-refractivity contribution in [2.45, 2.75) is 19.6 Å². The molecule has 0 saturated carbocycles. The molecule has 1 heterocycles. The van der Waals surface area contributed by atoms with Crippen molar-refractivity contribution in [3.8, 4) is 5.75 Å². The minimum absolute atomic E-state index is 0.332. The molecule has 4 heteroatoms. The van der Waals surface area contributed by atoms with Gasteiger partial charge in [-0.15, -0.1) is 0 Å². The van der Waals surface area contributed by atoms with Gasteiger partial charge in [-0.3, -0.25) is 0 Å². The third kappa shape index (κ3) is 2.85. The fourth-order valence-corrected chi connectivity index (χ4v) is 2.68. The molecule has 0 aromatic heterocycles. The van der Waals surface area contributed by atoms with Crippen molar-refractivity contribution in [2.75, 3.05) is 18.1 Å². The van der Waals surface area contributed by atoms with Crippen LogP contribution in [-0.2, 0) is 6.54 Å². The third-order valence-corrected chi connectivity index (χ3v) is 3.73. The van der Waals surface area contributed by atoms with Gasteiger partial charge in [0.15, 0.2) is 0 Å². The molecule has 0 spiro atoms. The van der Waals surface area contributed by atoms with Gasteiger partial charge in [0.2, 0.25) is 0 Å². The zero-order chi connectivity index (χ0) is 14.8. The molecular formula is C17H18FNO2. The Kier molecular flexibility index (Phi) is 3.80. The molecule has 0 amide bonds. The Morgan fingerprint density at radius 2 is 2.05 bits per heavy atom. The first-order valence-corrected chi connectivity index (χ1v) is 7.08. The molecule has 2 aromatic carbocycles. The summed E-state index contributed by atoms with van der Waals surface area (Å²) in [6.45, 7) is 3.59. The van der Waals surface area contributed by atoms with E-state index in [4.69, 9.17) is 4.74 Å². The fourth-order valence-electron chi connectivity index (χ4n) is 2.68. The monoisotopic (exact) mass is 287 g/mol. The lowest BCUT2D eigenvalue weighted by molar-refractivity contribution is 0.199. The van der Waals surface area contributed by atoms with Crippen molar-refractivity contribution in [1.82, 2.24) is 0 Å². The number of fused-ring (bicyclic) bond motifs is 1. The predicted molar refractivity (Wildman–Crippen MR) is 80.0 cm³/mol. The summed E-state index contributed by atoms with van der Waals surface area (Å²) in [7, 11) is 0. The van der Waals surface area contributed by atoms with Crippen LogP contribution in [0.2, 0.25) is 0 Å². The van der Waals surface area contributed by atoms with Gasteiger partial charge in [0.25, 0.3) is 0 Å². The van der Waals surface area contributed by atoms with Gasteiger partial charge in [-0.2, -0.15) is 0 Å². The predicted octanol–water partition coefficient (Wildman–Crippen LogP) is 3.28. The largest absolute Gasteiger partial charge is 0.491 e. The van der Waals surface area contributed by atoms with Gasteiger partial charge in [-0.05, 0) is 31.2 Å². The van der Waals surface area contributed by atoms with Gasteiger partial charge in [0.05, 0.1) is 12.6 Å². The lowest BCUT2D eigenvalue weighted by Gasteiger charge is -2.26. The standard InChI is InChI=1S/C17H18FNO2/c1-12(20)15-10-14(18)6-7-16(15)19-8-9-21-17-5-3-2-4-13(17)11-19/h2-7,10,12,20H,8-9,11H2,1H3. The number of hydrogen-bond donors (Lipinski definition) is 1. The molecule has 1 aliphatic rings. The van der Waals surface area contributed by atoms with Crippen LogP contribution in [0.4, 0.5) is 10.1 Å². The molecular weight excluding hydrogens is 269 g/mol. The topological polar surface area (TPSA) is 32.7 Å². The van der Waals surface area contributed by atoms with Crippen LogP contribution in [0.3, 0.4) is 0 Å². The molecule has 0 aliphatic carbocycles. The van der Waals surface area contributed by atoms with Gasteiger partial charge >= 0.3 is 0 Å². The first-order valence-electron chi connectivity index (χ1n) is 7.08. The average Bonchev–Trinajstić information content (AvgIpc) is 2.69. The van der Waals surface area contributed by atoms with Crippen molar-refractivity contribution in [1.29, 1.82) is 0 Å². The van der Waals surface area contributed by atoms with E-state index >= 15 is 0 Å². The summed E-state index contributed by atoms with van der Waals surface area (Å²) >= 11 is 0. The van der Waals surface area contributed by atoms with Crippen LogP contribution in [0.25, 0.3) is 0 Å². The number of hydrogen-bond acceptors (Lipinski definition) is 3. The summed E-state index contributed by atoms with van der Waals surface area (Å²) < 4.78 is 19.2. The number of rotatable bonds is 2. The van der Waals surface area contributed by atoms with Crippen LogP contribution < -0.4 is 9.64 Å². The number of anilines is 1. The highest BCUT2D eigenvalue weighted by atomic mass is 19.1. The molecule has 0 bridgehead atoms. The summed E-state index contributed by atoms with van der Waals surface area (Å²) in [6, 6.07) is 12.5.